The second kappa shape index (κ2) is 8.64. The molecule has 30 heavy (non-hydrogen) atoms. The molecule has 0 atom stereocenters. The summed E-state index contributed by atoms with van der Waals surface area (Å²) < 4.78 is 6.15. The fraction of sp³-hybridized carbons (Fsp3) is 0.160. The summed E-state index contributed by atoms with van der Waals surface area (Å²) in [6, 6.07) is 20.6. The van der Waals surface area contributed by atoms with E-state index in [1.165, 1.54) is 6.07 Å². The summed E-state index contributed by atoms with van der Waals surface area (Å²) in [6.07, 6.45) is 2.70. The van der Waals surface area contributed by atoms with Crippen LogP contribution < -0.4 is 10.5 Å². The van der Waals surface area contributed by atoms with Crippen LogP contribution in [0.15, 0.2) is 66.7 Å². The maximum Gasteiger partial charge on any atom is 0.335 e. The summed E-state index contributed by atoms with van der Waals surface area (Å²) in [6.45, 7) is 0.458. The van der Waals surface area contributed by atoms with Gasteiger partial charge in [-0.2, -0.15) is 0 Å². The Kier molecular flexibility index (Phi) is 5.77. The highest BCUT2D eigenvalue weighted by Crippen LogP contribution is 2.44. The number of ether oxygens (including phenoxy) is 1. The van der Waals surface area contributed by atoms with Gasteiger partial charge in [-0.25, -0.2) is 4.79 Å². The van der Waals surface area contributed by atoms with E-state index in [9.17, 15) is 9.90 Å². The van der Waals surface area contributed by atoms with Gasteiger partial charge in [0.1, 0.15) is 12.4 Å². The van der Waals surface area contributed by atoms with Crippen molar-refractivity contribution in [3.63, 3.8) is 0 Å². The van der Waals surface area contributed by atoms with E-state index in [2.05, 4.69) is 0 Å². The zero-order valence-electron chi connectivity index (χ0n) is 16.4. The first-order valence-corrected chi connectivity index (χ1v) is 10.2. The Morgan fingerprint density at radius 1 is 1.00 bits per heavy atom. The van der Waals surface area contributed by atoms with Gasteiger partial charge in [0.25, 0.3) is 0 Å². The molecule has 0 amide bonds. The number of allylic oxidation sites excluding steroid dienone is 2. The highest BCUT2D eigenvalue weighted by Gasteiger charge is 2.22. The number of carboxylic acids is 1. The third-order valence-corrected chi connectivity index (χ3v) is 5.51. The van der Waals surface area contributed by atoms with Crippen LogP contribution in [0.25, 0.3) is 11.1 Å². The largest absolute Gasteiger partial charge is 0.488 e. The molecule has 0 heterocycles. The predicted octanol–water partition coefficient (Wildman–Crippen LogP) is 6.29. The Labute approximate surface area is 180 Å². The van der Waals surface area contributed by atoms with E-state index < -0.39 is 5.97 Å². The van der Waals surface area contributed by atoms with Crippen LogP contribution in [0.4, 0.5) is 5.69 Å². The molecule has 3 N–H and O–H groups in total. The molecule has 4 nitrogen and oxygen atoms in total. The van der Waals surface area contributed by atoms with Crippen LogP contribution in [0.5, 0.6) is 5.75 Å². The standard InChI is InChI=1S/C25H22ClNO3/c26-19-9-10-24(30-15-16-5-2-1-3-6-16)23(14-19)22-8-4-7-21(22)17-11-18(25(28)29)13-20(27)12-17/h1-3,5-6,9-14H,4,7-8,15,27H2,(H,28,29). The van der Waals surface area contributed by atoms with Crippen LogP contribution in [0, 0.1) is 0 Å². The van der Waals surface area contributed by atoms with E-state index in [0.717, 1.165) is 52.8 Å². The molecule has 1 aliphatic rings. The fourth-order valence-corrected chi connectivity index (χ4v) is 4.08. The van der Waals surface area contributed by atoms with Crippen LogP contribution in [0.3, 0.4) is 0 Å². The molecule has 0 aliphatic heterocycles. The molecule has 1 aliphatic carbocycles. The fourth-order valence-electron chi connectivity index (χ4n) is 3.91. The number of carbonyl (C=O) groups is 1. The Balaban J connectivity index is 1.75. The maximum atomic E-state index is 11.5. The number of hydrogen-bond acceptors (Lipinski definition) is 3. The highest BCUT2D eigenvalue weighted by molar-refractivity contribution is 6.30. The van der Waals surface area contributed by atoms with E-state index in [1.807, 2.05) is 54.6 Å². The molecule has 3 aromatic carbocycles. The summed E-state index contributed by atoms with van der Waals surface area (Å²) in [4.78, 5) is 11.5. The lowest BCUT2D eigenvalue weighted by molar-refractivity contribution is 0.0697. The number of nitrogens with two attached hydrogens (primary N) is 1. The van der Waals surface area contributed by atoms with Gasteiger partial charge in [0, 0.05) is 16.3 Å². The lowest BCUT2D eigenvalue weighted by Crippen LogP contribution is -2.01. The van der Waals surface area contributed by atoms with E-state index >= 15 is 0 Å². The van der Waals surface area contributed by atoms with Crippen LogP contribution in [-0.2, 0) is 6.61 Å². The monoisotopic (exact) mass is 419 g/mol. The average Bonchev–Trinajstić information content (AvgIpc) is 3.23. The molecule has 0 saturated carbocycles. The number of hydrogen-bond donors (Lipinski definition) is 2. The summed E-state index contributed by atoms with van der Waals surface area (Å²) in [5, 5.41) is 10.0. The van der Waals surface area contributed by atoms with Gasteiger partial charge in [-0.15, -0.1) is 0 Å². The molecule has 0 radical (unpaired) electrons. The van der Waals surface area contributed by atoms with Gasteiger partial charge in [-0.05, 0) is 77.9 Å². The van der Waals surface area contributed by atoms with Crippen LogP contribution in [-0.4, -0.2) is 11.1 Å². The maximum absolute atomic E-state index is 11.5. The third kappa shape index (κ3) is 4.34. The molecule has 0 aromatic heterocycles. The van der Waals surface area contributed by atoms with Crippen molar-refractivity contribution < 1.29 is 14.6 Å². The van der Waals surface area contributed by atoms with Crippen LogP contribution >= 0.6 is 11.6 Å². The molecule has 152 valence electrons. The second-order valence-electron chi connectivity index (χ2n) is 7.37. The minimum Gasteiger partial charge on any atom is -0.488 e. The van der Waals surface area contributed by atoms with Crippen molar-refractivity contribution in [3.8, 4) is 5.75 Å². The Morgan fingerprint density at radius 3 is 2.53 bits per heavy atom. The number of halogens is 1. The zero-order valence-corrected chi connectivity index (χ0v) is 17.2. The van der Waals surface area contributed by atoms with Crippen molar-refractivity contribution in [1.29, 1.82) is 0 Å². The van der Waals surface area contributed by atoms with Gasteiger partial charge in [-0.1, -0.05) is 41.9 Å². The van der Waals surface area contributed by atoms with Gasteiger partial charge >= 0.3 is 5.97 Å². The number of anilines is 1. The Bertz CT molecular complexity index is 1120. The topological polar surface area (TPSA) is 72.6 Å². The summed E-state index contributed by atoms with van der Waals surface area (Å²) >= 11 is 6.32. The van der Waals surface area contributed by atoms with E-state index in [1.54, 1.807) is 6.07 Å². The highest BCUT2D eigenvalue weighted by atomic mass is 35.5. The van der Waals surface area contributed by atoms with Crippen molar-refractivity contribution in [2.45, 2.75) is 25.9 Å². The summed E-state index contributed by atoms with van der Waals surface area (Å²) in [5.41, 5.74) is 11.7. The van der Waals surface area contributed by atoms with Crippen molar-refractivity contribution in [3.05, 3.63) is 94.0 Å². The van der Waals surface area contributed by atoms with Crippen LogP contribution in [0.1, 0.15) is 46.3 Å². The number of rotatable bonds is 6. The molecule has 3 aromatic rings. The molecule has 0 bridgehead atoms. The van der Waals surface area contributed by atoms with E-state index in [4.69, 9.17) is 22.1 Å². The minimum absolute atomic E-state index is 0.190. The van der Waals surface area contributed by atoms with Crippen molar-refractivity contribution in [2.24, 2.45) is 0 Å². The summed E-state index contributed by atoms with van der Waals surface area (Å²) in [5.74, 6) is -0.224. The molecular weight excluding hydrogens is 398 g/mol. The van der Waals surface area contributed by atoms with Gasteiger partial charge in [0.2, 0.25) is 0 Å². The second-order valence-corrected chi connectivity index (χ2v) is 7.81. The van der Waals surface area contributed by atoms with Crippen molar-refractivity contribution >= 4 is 34.4 Å². The lowest BCUT2D eigenvalue weighted by Gasteiger charge is -2.16. The number of nitrogen functional groups attached to an aromatic ring is 1. The van der Waals surface area contributed by atoms with Gasteiger partial charge in [0.15, 0.2) is 0 Å². The third-order valence-electron chi connectivity index (χ3n) is 5.27. The molecule has 4 rings (SSSR count). The molecule has 0 spiro atoms. The molecule has 5 heteroatoms. The van der Waals surface area contributed by atoms with E-state index in [-0.39, 0.29) is 5.56 Å². The summed E-state index contributed by atoms with van der Waals surface area (Å²) in [7, 11) is 0. The Hall–Kier alpha value is -3.24. The first-order valence-electron chi connectivity index (χ1n) is 9.84. The van der Waals surface area contributed by atoms with Crippen LogP contribution in [0.2, 0.25) is 5.02 Å². The SMILES string of the molecule is Nc1cc(C(=O)O)cc(C2=C(c3cc(Cl)ccc3OCc3ccccc3)CCC2)c1. The molecular formula is C25H22ClNO3. The van der Waals surface area contributed by atoms with Crippen molar-refractivity contribution in [1.82, 2.24) is 0 Å². The zero-order chi connectivity index (χ0) is 21.1. The smallest absolute Gasteiger partial charge is 0.335 e. The van der Waals surface area contributed by atoms with E-state index in [0.29, 0.717) is 17.3 Å². The Morgan fingerprint density at radius 2 is 1.77 bits per heavy atom. The normalized spacial score (nSPS) is 13.5. The number of carboxylic acid groups (broad SMARTS) is 1. The molecule has 0 saturated heterocycles. The van der Waals surface area contributed by atoms with Gasteiger partial charge in [-0.3, -0.25) is 0 Å². The predicted molar refractivity (Wildman–Crippen MR) is 121 cm³/mol. The lowest BCUT2D eigenvalue weighted by atomic mass is 9.95. The van der Waals surface area contributed by atoms with Gasteiger partial charge < -0.3 is 15.6 Å². The first kappa shape index (κ1) is 20.0. The number of benzene rings is 3. The van der Waals surface area contributed by atoms with Gasteiger partial charge in [0.05, 0.1) is 5.56 Å². The average molecular weight is 420 g/mol. The first-order chi connectivity index (χ1) is 14.5. The quantitative estimate of drug-likeness (QED) is 0.460. The minimum atomic E-state index is -0.988. The molecule has 0 unspecified atom stereocenters. The molecule has 0 fully saturated rings. The van der Waals surface area contributed by atoms with Crippen molar-refractivity contribution in [2.75, 3.05) is 5.73 Å². The number of aromatic carboxylic acids is 1.